The maximum atomic E-state index is 11.2. The molecule has 0 unspecified atom stereocenters. The molecule has 5 nitrogen and oxygen atoms in total. The highest BCUT2D eigenvalue weighted by atomic mass is 16.6. The Hall–Kier alpha value is -1.75. The number of methoxy groups -OCH3 is 1. The zero-order chi connectivity index (χ0) is 12.5. The van der Waals surface area contributed by atoms with E-state index in [1.54, 1.807) is 31.4 Å². The van der Waals surface area contributed by atoms with E-state index >= 15 is 0 Å². The second-order valence-electron chi connectivity index (χ2n) is 3.38. The molecule has 0 saturated heterocycles. The third-order valence-corrected chi connectivity index (χ3v) is 2.01. The molecule has 0 aliphatic heterocycles. The standard InChI is InChI=1S/C12H17NO4/c1-15-8-9-17-12(14)6-7-16-11-4-2-10(13)3-5-11/h2-5H,6-9,13H2,1H3. The van der Waals surface area contributed by atoms with Crippen molar-refractivity contribution < 1.29 is 19.0 Å². The average Bonchev–Trinajstić information content (AvgIpc) is 2.32. The molecule has 1 aromatic carbocycles. The van der Waals surface area contributed by atoms with Crippen LogP contribution in [-0.2, 0) is 14.3 Å². The number of nitrogen functional groups attached to an aromatic ring is 1. The van der Waals surface area contributed by atoms with Crippen LogP contribution in [0.5, 0.6) is 5.75 Å². The lowest BCUT2D eigenvalue weighted by Crippen LogP contribution is -2.12. The van der Waals surface area contributed by atoms with E-state index in [-0.39, 0.29) is 25.6 Å². The second-order valence-corrected chi connectivity index (χ2v) is 3.38. The summed E-state index contributed by atoms with van der Waals surface area (Å²) in [7, 11) is 1.55. The Labute approximate surface area is 100 Å². The molecule has 0 atom stereocenters. The first-order valence-corrected chi connectivity index (χ1v) is 5.35. The van der Waals surface area contributed by atoms with Crippen LogP contribution >= 0.6 is 0 Å². The SMILES string of the molecule is COCCOC(=O)CCOc1ccc(N)cc1. The molecule has 0 heterocycles. The molecular weight excluding hydrogens is 222 g/mol. The smallest absolute Gasteiger partial charge is 0.309 e. The third-order valence-electron chi connectivity index (χ3n) is 2.01. The number of anilines is 1. The first-order valence-electron chi connectivity index (χ1n) is 5.35. The van der Waals surface area contributed by atoms with Crippen molar-refractivity contribution in [2.75, 3.05) is 32.7 Å². The summed E-state index contributed by atoms with van der Waals surface area (Å²) in [6, 6.07) is 7.00. The summed E-state index contributed by atoms with van der Waals surface area (Å²) in [6.07, 6.45) is 0.216. The quantitative estimate of drug-likeness (QED) is 0.440. The normalized spacial score (nSPS) is 9.94. The van der Waals surface area contributed by atoms with Crippen LogP contribution in [0.1, 0.15) is 6.42 Å². The molecule has 0 radical (unpaired) electrons. The van der Waals surface area contributed by atoms with E-state index in [9.17, 15) is 4.79 Å². The van der Waals surface area contributed by atoms with Gasteiger partial charge in [0.1, 0.15) is 12.4 Å². The summed E-state index contributed by atoms with van der Waals surface area (Å²) in [5.41, 5.74) is 6.21. The van der Waals surface area contributed by atoms with Gasteiger partial charge in [-0.25, -0.2) is 0 Å². The minimum Gasteiger partial charge on any atom is -0.493 e. The Morgan fingerprint density at radius 1 is 1.18 bits per heavy atom. The lowest BCUT2D eigenvalue weighted by molar-refractivity contribution is -0.145. The van der Waals surface area contributed by atoms with Crippen LogP contribution in [0.25, 0.3) is 0 Å². The zero-order valence-corrected chi connectivity index (χ0v) is 9.85. The Balaban J connectivity index is 2.14. The number of carbonyl (C=O) groups excluding carboxylic acids is 1. The van der Waals surface area contributed by atoms with E-state index in [1.807, 2.05) is 0 Å². The van der Waals surface area contributed by atoms with Gasteiger partial charge in [-0.2, -0.15) is 0 Å². The number of hydrogen-bond acceptors (Lipinski definition) is 5. The van der Waals surface area contributed by atoms with Crippen LogP contribution in [0, 0.1) is 0 Å². The molecular formula is C12H17NO4. The number of ether oxygens (including phenoxy) is 3. The number of hydrogen-bond donors (Lipinski definition) is 1. The number of esters is 1. The summed E-state index contributed by atoms with van der Waals surface area (Å²) < 4.78 is 15.0. The fraction of sp³-hybridized carbons (Fsp3) is 0.417. The van der Waals surface area contributed by atoms with Crippen molar-refractivity contribution in [3.05, 3.63) is 24.3 Å². The summed E-state index contributed by atoms with van der Waals surface area (Å²) in [5, 5.41) is 0. The molecule has 0 amide bonds. The number of carbonyl (C=O) groups is 1. The van der Waals surface area contributed by atoms with Gasteiger partial charge in [0.05, 0.1) is 19.6 Å². The summed E-state index contributed by atoms with van der Waals surface area (Å²) in [5.74, 6) is 0.390. The highest BCUT2D eigenvalue weighted by Crippen LogP contribution is 2.13. The Morgan fingerprint density at radius 3 is 2.53 bits per heavy atom. The minimum atomic E-state index is -0.294. The van der Waals surface area contributed by atoms with Crippen LogP contribution in [0.15, 0.2) is 24.3 Å². The first kappa shape index (κ1) is 13.3. The highest BCUT2D eigenvalue weighted by Gasteiger charge is 2.03. The number of rotatable bonds is 7. The molecule has 0 aliphatic rings. The zero-order valence-electron chi connectivity index (χ0n) is 9.85. The van der Waals surface area contributed by atoms with Crippen molar-refractivity contribution in [3.63, 3.8) is 0 Å². The predicted molar refractivity (Wildman–Crippen MR) is 63.8 cm³/mol. The molecule has 2 N–H and O–H groups in total. The van der Waals surface area contributed by atoms with Crippen molar-refractivity contribution in [1.82, 2.24) is 0 Å². The van der Waals surface area contributed by atoms with Gasteiger partial charge in [-0.05, 0) is 24.3 Å². The largest absolute Gasteiger partial charge is 0.493 e. The predicted octanol–water partition coefficient (Wildman–Crippen LogP) is 1.23. The minimum absolute atomic E-state index is 0.216. The van der Waals surface area contributed by atoms with Crippen molar-refractivity contribution in [1.29, 1.82) is 0 Å². The maximum Gasteiger partial charge on any atom is 0.309 e. The maximum absolute atomic E-state index is 11.2. The molecule has 0 fully saturated rings. The Morgan fingerprint density at radius 2 is 1.88 bits per heavy atom. The van der Waals surface area contributed by atoms with E-state index in [2.05, 4.69) is 0 Å². The van der Waals surface area contributed by atoms with Gasteiger partial charge in [0.2, 0.25) is 0 Å². The summed E-state index contributed by atoms with van der Waals surface area (Å²) in [4.78, 5) is 11.2. The van der Waals surface area contributed by atoms with Crippen LogP contribution in [0.4, 0.5) is 5.69 Å². The van der Waals surface area contributed by atoms with E-state index in [4.69, 9.17) is 19.9 Å². The lowest BCUT2D eigenvalue weighted by Gasteiger charge is -2.06. The van der Waals surface area contributed by atoms with Crippen LogP contribution in [-0.4, -0.2) is 32.9 Å². The van der Waals surface area contributed by atoms with E-state index in [0.29, 0.717) is 18.0 Å². The molecule has 0 spiro atoms. The molecule has 1 rings (SSSR count). The van der Waals surface area contributed by atoms with Crippen LogP contribution < -0.4 is 10.5 Å². The topological polar surface area (TPSA) is 70.8 Å². The molecule has 94 valence electrons. The van der Waals surface area contributed by atoms with E-state index in [0.717, 1.165) is 0 Å². The molecule has 1 aromatic rings. The van der Waals surface area contributed by atoms with Crippen LogP contribution in [0.2, 0.25) is 0 Å². The van der Waals surface area contributed by atoms with Crippen molar-refractivity contribution in [2.45, 2.75) is 6.42 Å². The van der Waals surface area contributed by atoms with E-state index < -0.39 is 0 Å². The summed E-state index contributed by atoms with van der Waals surface area (Å²) >= 11 is 0. The first-order chi connectivity index (χ1) is 8.22. The lowest BCUT2D eigenvalue weighted by atomic mass is 10.3. The molecule has 0 saturated carbocycles. The number of nitrogens with two attached hydrogens (primary N) is 1. The molecule has 17 heavy (non-hydrogen) atoms. The van der Waals surface area contributed by atoms with Crippen LogP contribution in [0.3, 0.4) is 0 Å². The van der Waals surface area contributed by atoms with Gasteiger partial charge in [0.15, 0.2) is 0 Å². The number of benzene rings is 1. The third kappa shape index (κ3) is 5.77. The molecule has 5 heteroatoms. The second kappa shape index (κ2) is 7.51. The van der Waals surface area contributed by atoms with Gasteiger partial charge < -0.3 is 19.9 Å². The van der Waals surface area contributed by atoms with Crippen molar-refractivity contribution >= 4 is 11.7 Å². The van der Waals surface area contributed by atoms with Gasteiger partial charge in [-0.3, -0.25) is 4.79 Å². The van der Waals surface area contributed by atoms with Gasteiger partial charge in [0, 0.05) is 12.8 Å². The fourth-order valence-electron chi connectivity index (χ4n) is 1.13. The van der Waals surface area contributed by atoms with Crippen molar-refractivity contribution in [2.24, 2.45) is 0 Å². The van der Waals surface area contributed by atoms with Gasteiger partial charge in [-0.1, -0.05) is 0 Å². The molecule has 0 bridgehead atoms. The van der Waals surface area contributed by atoms with Gasteiger partial charge >= 0.3 is 5.97 Å². The van der Waals surface area contributed by atoms with Gasteiger partial charge in [-0.15, -0.1) is 0 Å². The molecule has 0 aliphatic carbocycles. The highest BCUT2D eigenvalue weighted by molar-refractivity contribution is 5.69. The Kier molecular flexibility index (Phi) is 5.88. The van der Waals surface area contributed by atoms with E-state index in [1.165, 1.54) is 0 Å². The van der Waals surface area contributed by atoms with Crippen molar-refractivity contribution in [3.8, 4) is 5.75 Å². The average molecular weight is 239 g/mol. The van der Waals surface area contributed by atoms with Gasteiger partial charge in [0.25, 0.3) is 0 Å². The molecule has 0 aromatic heterocycles. The summed E-state index contributed by atoms with van der Waals surface area (Å²) in [6.45, 7) is 0.970. The fourth-order valence-corrected chi connectivity index (χ4v) is 1.13. The Bertz CT molecular complexity index is 337. The monoisotopic (exact) mass is 239 g/mol.